The second-order valence-electron chi connectivity index (χ2n) is 4.62. The summed E-state index contributed by atoms with van der Waals surface area (Å²) in [5.41, 5.74) is 5.99. The Bertz CT molecular complexity index is 781. The summed E-state index contributed by atoms with van der Waals surface area (Å²) >= 11 is 3.21. The van der Waals surface area contributed by atoms with Gasteiger partial charge in [-0.1, -0.05) is 12.1 Å². The van der Waals surface area contributed by atoms with Gasteiger partial charge in [-0.05, 0) is 45.8 Å². The Morgan fingerprint density at radius 3 is 2.46 bits per heavy atom. The first-order valence-electron chi connectivity index (χ1n) is 6.80. The summed E-state index contributed by atoms with van der Waals surface area (Å²) in [5.74, 6) is -1.39. The molecule has 0 aliphatic rings. The van der Waals surface area contributed by atoms with Crippen molar-refractivity contribution in [1.82, 2.24) is 15.8 Å². The van der Waals surface area contributed by atoms with Crippen molar-refractivity contribution in [2.24, 2.45) is 0 Å². The molecule has 1 aromatic heterocycles. The maximum atomic E-state index is 11.7. The van der Waals surface area contributed by atoms with E-state index in [0.717, 1.165) is 10.0 Å². The first kappa shape index (κ1) is 17.5. The Balaban J connectivity index is 1.86. The van der Waals surface area contributed by atoms with Gasteiger partial charge in [-0.3, -0.25) is 20.4 Å². The first-order valence-corrected chi connectivity index (χ1v) is 7.59. The number of aromatic amines is 1. The first-order chi connectivity index (χ1) is 11.5. The van der Waals surface area contributed by atoms with E-state index in [2.05, 4.69) is 36.5 Å². The highest BCUT2D eigenvalue weighted by atomic mass is 79.9. The quantitative estimate of drug-likeness (QED) is 0.421. The van der Waals surface area contributed by atoms with Crippen molar-refractivity contribution in [3.05, 3.63) is 63.9 Å². The third-order valence-electron chi connectivity index (χ3n) is 2.95. The topological polar surface area (TPSA) is 100 Å². The van der Waals surface area contributed by atoms with Gasteiger partial charge in [0.1, 0.15) is 5.69 Å². The smallest absolute Gasteiger partial charge is 0.337 e. The van der Waals surface area contributed by atoms with Crippen LogP contribution in [-0.2, 0) is 9.53 Å². The van der Waals surface area contributed by atoms with Crippen molar-refractivity contribution in [2.45, 2.75) is 0 Å². The number of ether oxygens (including phenoxy) is 1. The largest absolute Gasteiger partial charge is 0.465 e. The minimum absolute atomic E-state index is 0.310. The number of halogens is 1. The molecular formula is C16H14BrN3O4. The highest BCUT2D eigenvalue weighted by Crippen LogP contribution is 2.10. The Morgan fingerprint density at radius 2 is 1.88 bits per heavy atom. The van der Waals surface area contributed by atoms with Crippen molar-refractivity contribution in [3.8, 4) is 0 Å². The molecule has 7 nitrogen and oxygen atoms in total. The van der Waals surface area contributed by atoms with Gasteiger partial charge >= 0.3 is 5.97 Å². The minimum atomic E-state index is -0.494. The number of hydrazine groups is 1. The van der Waals surface area contributed by atoms with Gasteiger partial charge < -0.3 is 9.72 Å². The van der Waals surface area contributed by atoms with Crippen molar-refractivity contribution >= 4 is 39.8 Å². The van der Waals surface area contributed by atoms with E-state index in [4.69, 9.17) is 0 Å². The predicted octanol–water partition coefficient (Wildman–Crippen LogP) is 2.04. The molecule has 2 rings (SSSR count). The molecule has 0 aliphatic carbocycles. The molecule has 124 valence electrons. The highest BCUT2D eigenvalue weighted by Gasteiger charge is 2.08. The highest BCUT2D eigenvalue weighted by molar-refractivity contribution is 9.10. The van der Waals surface area contributed by atoms with Gasteiger partial charge in [0.15, 0.2) is 0 Å². The van der Waals surface area contributed by atoms with Crippen LogP contribution in [0.3, 0.4) is 0 Å². The average molecular weight is 392 g/mol. The van der Waals surface area contributed by atoms with E-state index in [1.807, 2.05) is 0 Å². The number of hydrogen-bond acceptors (Lipinski definition) is 4. The lowest BCUT2D eigenvalue weighted by molar-refractivity contribution is -0.117. The summed E-state index contributed by atoms with van der Waals surface area (Å²) in [5, 5.41) is 0. The normalized spacial score (nSPS) is 10.4. The zero-order chi connectivity index (χ0) is 17.5. The molecule has 1 heterocycles. The third kappa shape index (κ3) is 4.82. The van der Waals surface area contributed by atoms with E-state index >= 15 is 0 Å². The standard InChI is InChI=1S/C16H14BrN3O4/c1-24-16(23)11-5-2-10(3-6-11)4-7-14(21)19-20-15(22)13-8-12(17)9-18-13/h2-9,18H,1H3,(H,19,21)(H,20,22)/b7-4+. The molecule has 0 fully saturated rings. The average Bonchev–Trinajstić information content (AvgIpc) is 3.04. The van der Waals surface area contributed by atoms with Crippen LogP contribution in [0.5, 0.6) is 0 Å². The maximum absolute atomic E-state index is 11.7. The maximum Gasteiger partial charge on any atom is 0.337 e. The summed E-state index contributed by atoms with van der Waals surface area (Å²) in [7, 11) is 1.31. The number of carbonyl (C=O) groups excluding carboxylic acids is 3. The fraction of sp³-hybridized carbons (Fsp3) is 0.0625. The minimum Gasteiger partial charge on any atom is -0.465 e. The van der Waals surface area contributed by atoms with E-state index in [1.165, 1.54) is 13.2 Å². The van der Waals surface area contributed by atoms with Gasteiger partial charge in [-0.25, -0.2) is 4.79 Å². The monoisotopic (exact) mass is 391 g/mol. The zero-order valence-corrected chi connectivity index (χ0v) is 14.2. The number of amides is 2. The summed E-state index contributed by atoms with van der Waals surface area (Å²) in [6.07, 6.45) is 4.42. The number of esters is 1. The van der Waals surface area contributed by atoms with Crippen LogP contribution in [0.15, 0.2) is 47.1 Å². The number of benzene rings is 1. The molecule has 0 atom stereocenters. The number of aromatic nitrogens is 1. The molecule has 0 spiro atoms. The molecule has 0 unspecified atom stereocenters. The van der Waals surface area contributed by atoms with Crippen LogP contribution in [0, 0.1) is 0 Å². The fourth-order valence-electron chi connectivity index (χ4n) is 1.75. The van der Waals surface area contributed by atoms with Gasteiger partial charge in [0.25, 0.3) is 11.8 Å². The lowest BCUT2D eigenvalue weighted by Gasteiger charge is -2.03. The summed E-state index contributed by atoms with van der Waals surface area (Å²) < 4.78 is 5.33. The number of nitrogens with one attached hydrogen (secondary N) is 3. The van der Waals surface area contributed by atoms with Crippen LogP contribution in [0.1, 0.15) is 26.4 Å². The van der Waals surface area contributed by atoms with Crippen LogP contribution < -0.4 is 10.9 Å². The number of methoxy groups -OCH3 is 1. The Morgan fingerprint density at radius 1 is 1.17 bits per heavy atom. The zero-order valence-electron chi connectivity index (χ0n) is 12.6. The van der Waals surface area contributed by atoms with Gasteiger partial charge in [0, 0.05) is 16.7 Å². The van der Waals surface area contributed by atoms with Crippen LogP contribution in [-0.4, -0.2) is 29.9 Å². The van der Waals surface area contributed by atoms with Crippen molar-refractivity contribution in [2.75, 3.05) is 7.11 Å². The van der Waals surface area contributed by atoms with Crippen molar-refractivity contribution in [1.29, 1.82) is 0 Å². The van der Waals surface area contributed by atoms with E-state index < -0.39 is 17.8 Å². The molecular weight excluding hydrogens is 378 g/mol. The molecule has 24 heavy (non-hydrogen) atoms. The second-order valence-corrected chi connectivity index (χ2v) is 5.54. The van der Waals surface area contributed by atoms with Crippen LogP contribution in [0.25, 0.3) is 6.08 Å². The predicted molar refractivity (Wildman–Crippen MR) is 90.9 cm³/mol. The molecule has 8 heteroatoms. The van der Waals surface area contributed by atoms with Crippen molar-refractivity contribution in [3.63, 3.8) is 0 Å². The SMILES string of the molecule is COC(=O)c1ccc(/C=C/C(=O)NNC(=O)c2cc(Br)c[nH]2)cc1. The lowest BCUT2D eigenvalue weighted by atomic mass is 10.1. The van der Waals surface area contributed by atoms with Gasteiger partial charge in [-0.15, -0.1) is 0 Å². The Hall–Kier alpha value is -2.87. The molecule has 1 aromatic carbocycles. The fourth-order valence-corrected chi connectivity index (χ4v) is 2.09. The molecule has 0 radical (unpaired) electrons. The van der Waals surface area contributed by atoms with E-state index in [-0.39, 0.29) is 0 Å². The van der Waals surface area contributed by atoms with Crippen molar-refractivity contribution < 1.29 is 19.1 Å². The second kappa shape index (κ2) is 8.11. The van der Waals surface area contributed by atoms with Crippen LogP contribution in [0.2, 0.25) is 0 Å². The van der Waals surface area contributed by atoms with E-state index in [0.29, 0.717) is 11.3 Å². The van der Waals surface area contributed by atoms with Crippen LogP contribution in [0.4, 0.5) is 0 Å². The lowest BCUT2D eigenvalue weighted by Crippen LogP contribution is -2.40. The van der Waals surface area contributed by atoms with Crippen LogP contribution >= 0.6 is 15.9 Å². The van der Waals surface area contributed by atoms with Gasteiger partial charge in [0.2, 0.25) is 0 Å². The summed E-state index contributed by atoms with van der Waals surface area (Å²) in [6, 6.07) is 8.11. The molecule has 3 N–H and O–H groups in total. The molecule has 2 aromatic rings. The summed E-state index contributed by atoms with van der Waals surface area (Å²) in [4.78, 5) is 37.4. The molecule has 0 saturated heterocycles. The van der Waals surface area contributed by atoms with E-state index in [9.17, 15) is 14.4 Å². The van der Waals surface area contributed by atoms with E-state index in [1.54, 1.807) is 42.6 Å². The molecule has 0 saturated carbocycles. The number of rotatable bonds is 4. The Kier molecular flexibility index (Phi) is 5.91. The van der Waals surface area contributed by atoms with Gasteiger partial charge in [0.05, 0.1) is 12.7 Å². The molecule has 0 bridgehead atoms. The number of hydrogen-bond donors (Lipinski definition) is 3. The molecule has 2 amide bonds. The Labute approximate surface area is 146 Å². The summed E-state index contributed by atoms with van der Waals surface area (Å²) in [6.45, 7) is 0. The number of H-pyrrole nitrogens is 1. The molecule has 0 aliphatic heterocycles. The van der Waals surface area contributed by atoms with Gasteiger partial charge in [-0.2, -0.15) is 0 Å². The number of carbonyl (C=O) groups is 3. The third-order valence-corrected chi connectivity index (χ3v) is 3.41.